The third-order valence-corrected chi connectivity index (χ3v) is 6.89. The van der Waals surface area contributed by atoms with Crippen LogP contribution in [0.5, 0.6) is 0 Å². The van der Waals surface area contributed by atoms with Gasteiger partial charge in [0.1, 0.15) is 5.37 Å². The first-order valence-electron chi connectivity index (χ1n) is 9.38. The molecule has 3 fully saturated rings. The number of piperidine rings is 1. The van der Waals surface area contributed by atoms with Crippen LogP contribution < -0.4 is 0 Å². The van der Waals surface area contributed by atoms with Crippen molar-refractivity contribution >= 4 is 23.6 Å². The van der Waals surface area contributed by atoms with E-state index >= 15 is 0 Å². The number of carbonyl (C=O) groups is 2. The number of likely N-dealkylation sites (tertiary alicyclic amines) is 1. The van der Waals surface area contributed by atoms with E-state index in [9.17, 15) is 9.59 Å². The lowest BCUT2D eigenvalue weighted by atomic mass is 9.95. The van der Waals surface area contributed by atoms with E-state index < -0.39 is 0 Å². The molecule has 0 spiro atoms. The van der Waals surface area contributed by atoms with Gasteiger partial charge in [-0.1, -0.05) is 29.8 Å². The van der Waals surface area contributed by atoms with Gasteiger partial charge >= 0.3 is 0 Å². The van der Waals surface area contributed by atoms with E-state index in [1.165, 1.54) is 11.1 Å². The Bertz CT molecular complexity index is 648. The Morgan fingerprint density at radius 1 is 1.12 bits per heavy atom. The molecule has 0 bridgehead atoms. The van der Waals surface area contributed by atoms with Crippen LogP contribution in [0, 0.1) is 18.8 Å². The van der Waals surface area contributed by atoms with E-state index in [4.69, 9.17) is 0 Å². The number of hydrogen-bond acceptors (Lipinski definition) is 3. The lowest BCUT2D eigenvalue weighted by molar-refractivity contribution is -0.135. The molecule has 0 aromatic heterocycles. The molecule has 1 saturated carbocycles. The van der Waals surface area contributed by atoms with Crippen molar-refractivity contribution in [3.8, 4) is 0 Å². The molecule has 2 amide bonds. The Balaban J connectivity index is 1.36. The number of benzene rings is 1. The van der Waals surface area contributed by atoms with E-state index in [1.807, 2.05) is 4.90 Å². The zero-order chi connectivity index (χ0) is 17.4. The summed E-state index contributed by atoms with van der Waals surface area (Å²) in [4.78, 5) is 28.7. The molecule has 1 aliphatic carbocycles. The monoisotopic (exact) mass is 358 g/mol. The van der Waals surface area contributed by atoms with Crippen LogP contribution in [0.2, 0.25) is 0 Å². The maximum Gasteiger partial charge on any atom is 0.233 e. The van der Waals surface area contributed by atoms with Crippen molar-refractivity contribution < 1.29 is 9.59 Å². The topological polar surface area (TPSA) is 40.6 Å². The van der Waals surface area contributed by atoms with Gasteiger partial charge in [0.2, 0.25) is 11.8 Å². The number of thioether (sulfide) groups is 1. The van der Waals surface area contributed by atoms with Crippen molar-refractivity contribution in [1.29, 1.82) is 0 Å². The molecular formula is C20H26N2O2S. The van der Waals surface area contributed by atoms with Crippen molar-refractivity contribution in [1.82, 2.24) is 9.80 Å². The summed E-state index contributed by atoms with van der Waals surface area (Å²) in [5, 5.41) is 0.152. The van der Waals surface area contributed by atoms with Gasteiger partial charge in [0, 0.05) is 25.6 Å². The second-order valence-corrected chi connectivity index (χ2v) is 8.73. The molecule has 3 aliphatic rings. The minimum absolute atomic E-state index is 0.152. The second-order valence-electron chi connectivity index (χ2n) is 7.66. The lowest BCUT2D eigenvalue weighted by Gasteiger charge is -2.35. The Labute approximate surface area is 153 Å². The molecule has 0 N–H and O–H groups in total. The number of nitrogens with zero attached hydrogens (tertiary/aromatic N) is 2. The van der Waals surface area contributed by atoms with E-state index in [0.717, 1.165) is 45.3 Å². The van der Waals surface area contributed by atoms with Crippen LogP contribution in [0.1, 0.15) is 42.2 Å². The molecule has 2 heterocycles. The summed E-state index contributed by atoms with van der Waals surface area (Å²) in [6, 6.07) is 8.54. The third kappa shape index (κ3) is 3.71. The normalized spacial score (nSPS) is 24.8. The molecule has 1 atom stereocenters. The van der Waals surface area contributed by atoms with Crippen molar-refractivity contribution in [3.05, 3.63) is 35.4 Å². The van der Waals surface area contributed by atoms with E-state index in [0.29, 0.717) is 23.5 Å². The maximum atomic E-state index is 12.4. The van der Waals surface area contributed by atoms with Crippen molar-refractivity contribution in [2.75, 3.05) is 25.4 Å². The summed E-state index contributed by atoms with van der Waals surface area (Å²) in [6.07, 6.45) is 4.20. The lowest BCUT2D eigenvalue weighted by Crippen LogP contribution is -2.42. The molecular weight excluding hydrogens is 332 g/mol. The smallest absolute Gasteiger partial charge is 0.233 e. The predicted octanol–water partition coefficient (Wildman–Crippen LogP) is 3.22. The summed E-state index contributed by atoms with van der Waals surface area (Å²) < 4.78 is 0. The molecule has 2 aliphatic heterocycles. The molecule has 2 saturated heterocycles. The van der Waals surface area contributed by atoms with Crippen LogP contribution in [-0.2, 0) is 9.59 Å². The number of aryl methyl sites for hydroxylation is 1. The van der Waals surface area contributed by atoms with Gasteiger partial charge in [-0.3, -0.25) is 9.59 Å². The summed E-state index contributed by atoms with van der Waals surface area (Å²) in [5.74, 6) is 2.03. The number of hydrogen-bond donors (Lipinski definition) is 0. The van der Waals surface area contributed by atoms with Crippen LogP contribution in [0.25, 0.3) is 0 Å². The van der Waals surface area contributed by atoms with Gasteiger partial charge in [-0.15, -0.1) is 11.8 Å². The molecule has 4 nitrogen and oxygen atoms in total. The fourth-order valence-corrected chi connectivity index (χ4v) is 5.06. The van der Waals surface area contributed by atoms with Crippen LogP contribution in [0.4, 0.5) is 0 Å². The molecule has 5 heteroatoms. The van der Waals surface area contributed by atoms with Crippen molar-refractivity contribution in [2.45, 2.75) is 38.0 Å². The van der Waals surface area contributed by atoms with Gasteiger partial charge in [0.05, 0.1) is 5.75 Å². The first kappa shape index (κ1) is 17.0. The Kier molecular flexibility index (Phi) is 4.76. The number of carbonyl (C=O) groups excluding carboxylic acids is 2. The molecule has 25 heavy (non-hydrogen) atoms. The number of rotatable bonds is 4. The standard InChI is InChI=1S/C20H26N2O2S/c1-14-2-4-17(5-3-14)20-22(18(23)13-25-20)12-15-8-10-21(11-9-15)19(24)16-6-7-16/h2-5,15-16,20H,6-13H2,1H3. The summed E-state index contributed by atoms with van der Waals surface area (Å²) in [5.41, 5.74) is 2.47. The summed E-state index contributed by atoms with van der Waals surface area (Å²) in [6.45, 7) is 4.65. The van der Waals surface area contributed by atoms with Crippen molar-refractivity contribution in [2.24, 2.45) is 11.8 Å². The van der Waals surface area contributed by atoms with Gasteiger partial charge in [0.25, 0.3) is 0 Å². The van der Waals surface area contributed by atoms with E-state index in [-0.39, 0.29) is 11.3 Å². The van der Waals surface area contributed by atoms with Gasteiger partial charge in [-0.25, -0.2) is 0 Å². The Hall–Kier alpha value is -1.49. The molecule has 1 aromatic carbocycles. The highest BCUT2D eigenvalue weighted by atomic mass is 32.2. The van der Waals surface area contributed by atoms with Crippen LogP contribution in [-0.4, -0.2) is 47.0 Å². The average molecular weight is 359 g/mol. The quantitative estimate of drug-likeness (QED) is 0.830. The molecule has 1 aromatic rings. The first-order valence-corrected chi connectivity index (χ1v) is 10.4. The fourth-order valence-electron chi connectivity index (χ4n) is 3.86. The largest absolute Gasteiger partial charge is 0.342 e. The highest BCUT2D eigenvalue weighted by Gasteiger charge is 2.37. The van der Waals surface area contributed by atoms with Gasteiger partial charge in [0.15, 0.2) is 0 Å². The van der Waals surface area contributed by atoms with Crippen LogP contribution >= 0.6 is 11.8 Å². The van der Waals surface area contributed by atoms with Gasteiger partial charge < -0.3 is 9.80 Å². The SMILES string of the molecule is Cc1ccc(C2SCC(=O)N2CC2CCN(C(=O)C3CC3)CC2)cc1. The highest BCUT2D eigenvalue weighted by Crippen LogP contribution is 2.40. The van der Waals surface area contributed by atoms with E-state index in [1.54, 1.807) is 11.8 Å². The highest BCUT2D eigenvalue weighted by molar-refractivity contribution is 8.00. The number of amides is 2. The maximum absolute atomic E-state index is 12.4. The zero-order valence-corrected chi connectivity index (χ0v) is 15.6. The van der Waals surface area contributed by atoms with Crippen LogP contribution in [0.15, 0.2) is 24.3 Å². The molecule has 1 unspecified atom stereocenters. The zero-order valence-electron chi connectivity index (χ0n) is 14.8. The average Bonchev–Trinajstić information content (AvgIpc) is 3.41. The minimum atomic E-state index is 0.152. The molecule has 4 rings (SSSR count). The summed E-state index contributed by atoms with van der Waals surface area (Å²) in [7, 11) is 0. The van der Waals surface area contributed by atoms with Crippen LogP contribution in [0.3, 0.4) is 0 Å². The Morgan fingerprint density at radius 2 is 1.80 bits per heavy atom. The van der Waals surface area contributed by atoms with E-state index in [2.05, 4.69) is 36.1 Å². The minimum Gasteiger partial charge on any atom is -0.342 e. The van der Waals surface area contributed by atoms with Gasteiger partial charge in [-0.05, 0) is 44.1 Å². The van der Waals surface area contributed by atoms with Crippen molar-refractivity contribution in [3.63, 3.8) is 0 Å². The molecule has 0 radical (unpaired) electrons. The first-order chi connectivity index (χ1) is 12.1. The Morgan fingerprint density at radius 3 is 2.44 bits per heavy atom. The fraction of sp³-hybridized carbons (Fsp3) is 0.600. The predicted molar refractivity (Wildman–Crippen MR) is 100 cm³/mol. The second kappa shape index (κ2) is 7.02. The third-order valence-electron chi connectivity index (χ3n) is 5.64. The van der Waals surface area contributed by atoms with Gasteiger partial charge in [-0.2, -0.15) is 0 Å². The molecule has 134 valence electrons. The summed E-state index contributed by atoms with van der Waals surface area (Å²) >= 11 is 1.74.